The van der Waals surface area contributed by atoms with Gasteiger partial charge in [-0.05, 0) is 48.9 Å². The summed E-state index contributed by atoms with van der Waals surface area (Å²) in [6, 6.07) is 35.6. The first kappa shape index (κ1) is 31.2. The van der Waals surface area contributed by atoms with Gasteiger partial charge in [-0.1, -0.05) is 141 Å². The maximum atomic E-state index is 14.3. The summed E-state index contributed by atoms with van der Waals surface area (Å²) in [5.74, 6) is -0.828. The van der Waals surface area contributed by atoms with Gasteiger partial charge in [-0.3, -0.25) is 9.59 Å². The van der Waals surface area contributed by atoms with Crippen LogP contribution in [-0.2, 0) is 20.8 Å². The molecule has 228 valence electrons. The van der Waals surface area contributed by atoms with Crippen molar-refractivity contribution in [3.63, 3.8) is 0 Å². The molecule has 0 aromatic heterocycles. The molecule has 44 heavy (non-hydrogen) atoms. The standard InChI is InChI=1S/C38H42N2O4/c1-28(37(43,30-18-8-3-9-19-30)31-20-10-4-11-21-31)39-34(41)36(26-16-7-17-27-36)35(42)40-29(2)38(44,32-22-12-5-13-23-32)33-24-14-6-15-25-33/h3-6,8-15,18-25,28-29,43-44H,7,16-17,26-27H2,1-2H3,(H,39,41)(H,40,42)/t28-,29-/m1/s1. The molecule has 4 N–H and O–H groups in total. The SMILES string of the molecule is C[C@@H](NC(=O)C1(C(=O)N[C@H](C)C(O)(c2ccccc2)c2ccccc2)CCCCC1)C(O)(c1ccccc1)c1ccccc1. The van der Waals surface area contributed by atoms with Gasteiger partial charge >= 0.3 is 0 Å². The zero-order valence-electron chi connectivity index (χ0n) is 25.4. The second-order valence-electron chi connectivity index (χ2n) is 12.0. The van der Waals surface area contributed by atoms with E-state index in [0.717, 1.165) is 19.3 Å². The first-order chi connectivity index (χ1) is 21.2. The average molecular weight is 591 g/mol. The lowest BCUT2D eigenvalue weighted by Crippen LogP contribution is -2.60. The van der Waals surface area contributed by atoms with E-state index >= 15 is 0 Å². The maximum absolute atomic E-state index is 14.3. The van der Waals surface area contributed by atoms with Gasteiger partial charge in [0.1, 0.15) is 16.6 Å². The molecule has 2 amide bonds. The zero-order valence-corrected chi connectivity index (χ0v) is 25.4. The highest BCUT2D eigenvalue weighted by atomic mass is 16.3. The minimum Gasteiger partial charge on any atom is -0.378 e. The van der Waals surface area contributed by atoms with E-state index in [1.54, 1.807) is 13.8 Å². The van der Waals surface area contributed by atoms with Gasteiger partial charge in [0, 0.05) is 0 Å². The lowest BCUT2D eigenvalue weighted by atomic mass is 9.71. The number of aliphatic hydroxyl groups is 2. The van der Waals surface area contributed by atoms with E-state index in [-0.39, 0.29) is 0 Å². The molecule has 0 saturated heterocycles. The van der Waals surface area contributed by atoms with E-state index in [2.05, 4.69) is 10.6 Å². The van der Waals surface area contributed by atoms with Crippen molar-refractivity contribution in [2.45, 2.75) is 69.2 Å². The van der Waals surface area contributed by atoms with Gasteiger partial charge in [-0.15, -0.1) is 0 Å². The first-order valence-corrected chi connectivity index (χ1v) is 15.5. The number of carbonyl (C=O) groups is 2. The van der Waals surface area contributed by atoms with E-state index in [1.165, 1.54) is 0 Å². The van der Waals surface area contributed by atoms with Crippen molar-refractivity contribution in [3.8, 4) is 0 Å². The van der Waals surface area contributed by atoms with Crippen LogP contribution in [0.4, 0.5) is 0 Å². The Kier molecular flexibility index (Phi) is 9.33. The fourth-order valence-electron chi connectivity index (χ4n) is 6.69. The minimum absolute atomic E-state index is 0.383. The van der Waals surface area contributed by atoms with Crippen molar-refractivity contribution in [1.29, 1.82) is 0 Å². The van der Waals surface area contributed by atoms with Crippen LogP contribution < -0.4 is 10.6 Å². The van der Waals surface area contributed by atoms with Gasteiger partial charge in [0.05, 0.1) is 12.1 Å². The van der Waals surface area contributed by atoms with Crippen LogP contribution in [0.25, 0.3) is 0 Å². The molecule has 2 atom stereocenters. The molecular weight excluding hydrogens is 548 g/mol. The summed E-state index contributed by atoms with van der Waals surface area (Å²) in [7, 11) is 0. The number of amides is 2. The number of carbonyl (C=O) groups excluding carboxylic acids is 2. The van der Waals surface area contributed by atoms with Gasteiger partial charge in [0.15, 0.2) is 0 Å². The molecule has 1 aliphatic rings. The fraction of sp³-hybridized carbons (Fsp3) is 0.316. The number of nitrogens with one attached hydrogen (secondary N) is 2. The van der Waals surface area contributed by atoms with Crippen molar-refractivity contribution in [1.82, 2.24) is 10.6 Å². The summed E-state index contributed by atoms with van der Waals surface area (Å²) in [5.41, 5.74) is -1.83. The van der Waals surface area contributed by atoms with Crippen LogP contribution in [0.15, 0.2) is 121 Å². The largest absolute Gasteiger partial charge is 0.378 e. The van der Waals surface area contributed by atoms with Crippen LogP contribution >= 0.6 is 0 Å². The molecule has 6 heteroatoms. The van der Waals surface area contributed by atoms with Crippen LogP contribution in [0.1, 0.15) is 68.2 Å². The van der Waals surface area contributed by atoms with Crippen LogP contribution in [-0.4, -0.2) is 34.1 Å². The molecule has 0 unspecified atom stereocenters. The van der Waals surface area contributed by atoms with Crippen molar-refractivity contribution < 1.29 is 19.8 Å². The summed E-state index contributed by atoms with van der Waals surface area (Å²) in [5, 5.41) is 30.6. The second kappa shape index (κ2) is 13.2. The maximum Gasteiger partial charge on any atom is 0.236 e. The Labute approximate surface area is 260 Å². The highest BCUT2D eigenvalue weighted by Gasteiger charge is 2.50. The normalized spacial score (nSPS) is 16.4. The summed E-state index contributed by atoms with van der Waals surface area (Å²) in [4.78, 5) is 28.6. The van der Waals surface area contributed by atoms with Crippen LogP contribution in [0.5, 0.6) is 0 Å². The lowest BCUT2D eigenvalue weighted by molar-refractivity contribution is -0.148. The Morgan fingerprint density at radius 2 is 0.818 bits per heavy atom. The molecule has 1 aliphatic carbocycles. The molecule has 0 radical (unpaired) electrons. The molecule has 6 nitrogen and oxygen atoms in total. The second-order valence-corrected chi connectivity index (χ2v) is 12.0. The Bertz CT molecular complexity index is 1330. The molecule has 5 rings (SSSR count). The molecular formula is C38H42N2O4. The predicted molar refractivity (Wildman–Crippen MR) is 172 cm³/mol. The van der Waals surface area contributed by atoms with Crippen LogP contribution in [0.3, 0.4) is 0 Å². The molecule has 0 aliphatic heterocycles. The molecule has 4 aromatic rings. The Hall–Kier alpha value is -4.26. The number of hydrogen-bond acceptors (Lipinski definition) is 4. The van der Waals surface area contributed by atoms with Crippen molar-refractivity contribution in [2.75, 3.05) is 0 Å². The number of rotatable bonds is 10. The van der Waals surface area contributed by atoms with Crippen LogP contribution in [0.2, 0.25) is 0 Å². The molecule has 1 fully saturated rings. The van der Waals surface area contributed by atoms with Crippen molar-refractivity contribution >= 4 is 11.8 Å². The predicted octanol–water partition coefficient (Wildman–Crippen LogP) is 5.82. The van der Waals surface area contributed by atoms with Gasteiger partial charge in [-0.25, -0.2) is 0 Å². The molecule has 0 bridgehead atoms. The van der Waals surface area contributed by atoms with Gasteiger partial charge < -0.3 is 20.8 Å². The third-order valence-electron chi connectivity index (χ3n) is 9.38. The Balaban J connectivity index is 1.45. The highest BCUT2D eigenvalue weighted by molar-refractivity contribution is 6.05. The molecule has 4 aromatic carbocycles. The van der Waals surface area contributed by atoms with Crippen molar-refractivity contribution in [2.24, 2.45) is 5.41 Å². The fourth-order valence-corrected chi connectivity index (χ4v) is 6.69. The van der Waals surface area contributed by atoms with Gasteiger partial charge in [-0.2, -0.15) is 0 Å². The first-order valence-electron chi connectivity index (χ1n) is 15.5. The smallest absolute Gasteiger partial charge is 0.236 e. The highest BCUT2D eigenvalue weighted by Crippen LogP contribution is 2.40. The van der Waals surface area contributed by atoms with E-state index in [4.69, 9.17) is 0 Å². The van der Waals surface area contributed by atoms with Gasteiger partial charge in [0.25, 0.3) is 0 Å². The van der Waals surface area contributed by atoms with E-state index in [0.29, 0.717) is 35.1 Å². The average Bonchev–Trinajstić information content (AvgIpc) is 3.09. The summed E-state index contributed by atoms with van der Waals surface area (Å²) < 4.78 is 0. The van der Waals surface area contributed by atoms with Crippen molar-refractivity contribution in [3.05, 3.63) is 144 Å². The summed E-state index contributed by atoms with van der Waals surface area (Å²) in [6.07, 6.45) is 3.16. The van der Waals surface area contributed by atoms with E-state index < -0.39 is 40.5 Å². The van der Waals surface area contributed by atoms with Crippen LogP contribution in [0, 0.1) is 5.41 Å². The summed E-state index contributed by atoms with van der Waals surface area (Å²) >= 11 is 0. The number of hydrogen-bond donors (Lipinski definition) is 4. The van der Waals surface area contributed by atoms with E-state index in [9.17, 15) is 19.8 Å². The Morgan fingerprint density at radius 3 is 1.09 bits per heavy atom. The minimum atomic E-state index is -1.53. The topological polar surface area (TPSA) is 98.7 Å². The van der Waals surface area contributed by atoms with Gasteiger partial charge in [0.2, 0.25) is 11.8 Å². The molecule has 0 spiro atoms. The third-order valence-corrected chi connectivity index (χ3v) is 9.38. The van der Waals surface area contributed by atoms with E-state index in [1.807, 2.05) is 121 Å². The molecule has 1 saturated carbocycles. The monoisotopic (exact) mass is 590 g/mol. The zero-order chi connectivity index (χ0) is 31.2. The summed E-state index contributed by atoms with van der Waals surface area (Å²) in [6.45, 7) is 3.55. The lowest BCUT2D eigenvalue weighted by Gasteiger charge is -2.42. The molecule has 0 heterocycles. The number of benzene rings is 4. The quantitative estimate of drug-likeness (QED) is 0.175. The Morgan fingerprint density at radius 1 is 0.545 bits per heavy atom. The third kappa shape index (κ3) is 5.80.